The third-order valence-electron chi connectivity index (χ3n) is 4.77. The first kappa shape index (κ1) is 18.1. The van der Waals surface area contributed by atoms with Crippen molar-refractivity contribution in [1.29, 1.82) is 5.41 Å². The smallest absolute Gasteiger partial charge is 0.143 e. The van der Waals surface area contributed by atoms with Gasteiger partial charge in [-0.25, -0.2) is 9.37 Å². The Balaban J connectivity index is 1.89. The number of aromatic amines is 1. The van der Waals surface area contributed by atoms with E-state index in [9.17, 15) is 4.39 Å². The van der Waals surface area contributed by atoms with Crippen molar-refractivity contribution in [2.75, 3.05) is 30.0 Å². The fourth-order valence-electron chi connectivity index (χ4n) is 3.35. The number of rotatable bonds is 5. The first-order valence-corrected chi connectivity index (χ1v) is 9.08. The van der Waals surface area contributed by atoms with Crippen molar-refractivity contribution in [3.63, 3.8) is 0 Å². The number of morpholine rings is 1. The lowest BCUT2D eigenvalue weighted by Gasteiger charge is -2.35. The second kappa shape index (κ2) is 7.77. The van der Waals surface area contributed by atoms with Crippen LogP contribution in [0.2, 0.25) is 0 Å². The monoisotopic (exact) mass is 380 g/mol. The lowest BCUT2D eigenvalue weighted by atomic mass is 10.00. The van der Waals surface area contributed by atoms with Crippen molar-refractivity contribution in [2.45, 2.75) is 13.0 Å². The quantitative estimate of drug-likeness (QED) is 0.589. The summed E-state index contributed by atoms with van der Waals surface area (Å²) < 4.78 is 20.1. The van der Waals surface area contributed by atoms with Gasteiger partial charge in [-0.1, -0.05) is 18.2 Å². The summed E-state index contributed by atoms with van der Waals surface area (Å²) in [6, 6.07) is 10.3. The van der Waals surface area contributed by atoms with Crippen molar-refractivity contribution in [3.8, 4) is 11.1 Å². The molecule has 1 aliphatic rings. The fraction of sp³-hybridized carbons (Fsp3) is 0.250. The Morgan fingerprint density at radius 1 is 1.32 bits per heavy atom. The zero-order valence-electron chi connectivity index (χ0n) is 15.4. The number of ether oxygens (including phenoxy) is 1. The molecule has 0 amide bonds. The number of halogens is 1. The van der Waals surface area contributed by atoms with E-state index >= 15 is 0 Å². The van der Waals surface area contributed by atoms with Crippen LogP contribution < -0.4 is 10.2 Å². The van der Waals surface area contributed by atoms with Crippen LogP contribution in [0.4, 0.5) is 21.8 Å². The Morgan fingerprint density at radius 2 is 2.18 bits per heavy atom. The van der Waals surface area contributed by atoms with Gasteiger partial charge in [0.1, 0.15) is 23.3 Å². The number of hydrogen-bond acceptors (Lipinski definition) is 6. The number of nitrogens with one attached hydrogen (secondary N) is 3. The van der Waals surface area contributed by atoms with Crippen LogP contribution in [-0.4, -0.2) is 47.2 Å². The first-order chi connectivity index (χ1) is 13.7. The minimum Gasteiger partial charge on any atom is -0.377 e. The van der Waals surface area contributed by atoms with E-state index in [1.165, 1.54) is 12.3 Å². The summed E-state index contributed by atoms with van der Waals surface area (Å²) in [6.45, 7) is 3.97. The Labute approximate surface area is 162 Å². The number of aromatic nitrogens is 3. The lowest BCUT2D eigenvalue weighted by Crippen LogP contribution is -2.44. The normalized spacial score (nSPS) is 16.8. The van der Waals surface area contributed by atoms with E-state index in [4.69, 9.17) is 15.1 Å². The SMILES string of the molecule is CC1COCCN1c1cc(-c2ccccc2F)c(C=N)c(Nc2ccn[nH]2)n1. The van der Waals surface area contributed by atoms with Gasteiger partial charge in [-0.3, -0.25) is 5.10 Å². The molecule has 28 heavy (non-hydrogen) atoms. The molecule has 4 rings (SSSR count). The van der Waals surface area contributed by atoms with E-state index in [1.807, 2.05) is 6.07 Å². The molecule has 3 heterocycles. The molecule has 1 unspecified atom stereocenters. The third kappa shape index (κ3) is 3.46. The van der Waals surface area contributed by atoms with Gasteiger partial charge in [-0.15, -0.1) is 0 Å². The van der Waals surface area contributed by atoms with E-state index in [1.54, 1.807) is 30.5 Å². The van der Waals surface area contributed by atoms with Crippen LogP contribution >= 0.6 is 0 Å². The minimum absolute atomic E-state index is 0.139. The molecule has 1 aromatic carbocycles. The van der Waals surface area contributed by atoms with Crippen LogP contribution in [0, 0.1) is 11.2 Å². The van der Waals surface area contributed by atoms with Crippen LogP contribution in [-0.2, 0) is 4.74 Å². The maximum Gasteiger partial charge on any atom is 0.143 e. The van der Waals surface area contributed by atoms with Gasteiger partial charge in [0, 0.05) is 35.5 Å². The highest BCUT2D eigenvalue weighted by molar-refractivity contribution is 5.96. The number of benzene rings is 1. The average molecular weight is 380 g/mol. The number of anilines is 3. The Hall–Kier alpha value is -3.26. The Morgan fingerprint density at radius 3 is 2.89 bits per heavy atom. The molecule has 0 spiro atoms. The Bertz CT molecular complexity index is 975. The van der Waals surface area contributed by atoms with Crippen molar-refractivity contribution in [1.82, 2.24) is 15.2 Å². The third-order valence-corrected chi connectivity index (χ3v) is 4.77. The van der Waals surface area contributed by atoms with Gasteiger partial charge < -0.3 is 20.4 Å². The van der Waals surface area contributed by atoms with Gasteiger partial charge in [0.15, 0.2) is 0 Å². The highest BCUT2D eigenvalue weighted by Crippen LogP contribution is 2.34. The predicted molar refractivity (Wildman–Crippen MR) is 107 cm³/mol. The molecule has 3 N–H and O–H groups in total. The van der Waals surface area contributed by atoms with Gasteiger partial charge in [0.2, 0.25) is 0 Å². The van der Waals surface area contributed by atoms with Crippen LogP contribution in [0.3, 0.4) is 0 Å². The summed E-state index contributed by atoms with van der Waals surface area (Å²) in [4.78, 5) is 6.88. The molecule has 0 aliphatic carbocycles. The topological polar surface area (TPSA) is 89.9 Å². The van der Waals surface area contributed by atoms with Crippen LogP contribution in [0.15, 0.2) is 42.6 Å². The Kier molecular flexibility index (Phi) is 5.03. The molecule has 0 bridgehead atoms. The second-order valence-electron chi connectivity index (χ2n) is 6.63. The summed E-state index contributed by atoms with van der Waals surface area (Å²) >= 11 is 0. The average Bonchev–Trinajstić information content (AvgIpc) is 3.21. The molecule has 3 aromatic rings. The van der Waals surface area contributed by atoms with Crippen molar-refractivity contribution < 1.29 is 9.13 Å². The molecule has 7 nitrogen and oxygen atoms in total. The molecule has 1 saturated heterocycles. The van der Waals surface area contributed by atoms with E-state index in [-0.39, 0.29) is 11.9 Å². The van der Waals surface area contributed by atoms with Crippen LogP contribution in [0.5, 0.6) is 0 Å². The summed E-state index contributed by atoms with van der Waals surface area (Å²) in [5.74, 6) is 1.47. The summed E-state index contributed by atoms with van der Waals surface area (Å²) in [5.41, 5.74) is 1.54. The lowest BCUT2D eigenvalue weighted by molar-refractivity contribution is 0.0985. The van der Waals surface area contributed by atoms with Gasteiger partial charge in [-0.2, -0.15) is 5.10 Å². The zero-order chi connectivity index (χ0) is 19.5. The summed E-state index contributed by atoms with van der Waals surface area (Å²) in [7, 11) is 0. The van der Waals surface area contributed by atoms with Gasteiger partial charge in [-0.05, 0) is 19.1 Å². The molecule has 144 valence electrons. The number of H-pyrrole nitrogens is 1. The van der Waals surface area contributed by atoms with Gasteiger partial charge in [0.25, 0.3) is 0 Å². The number of pyridine rings is 1. The molecular formula is C20H21FN6O. The van der Waals surface area contributed by atoms with E-state index in [0.29, 0.717) is 53.9 Å². The molecule has 0 saturated carbocycles. The van der Waals surface area contributed by atoms with Gasteiger partial charge >= 0.3 is 0 Å². The maximum absolute atomic E-state index is 14.6. The standard InChI is InChI=1S/C20H21FN6O/c1-13-12-28-9-8-27(13)19-10-15(14-4-2-3-5-17(14)21)16(11-22)20(25-19)24-18-6-7-23-26-18/h2-7,10-11,13,22H,8-9,12H2,1H3,(H2,23,24,25,26). The highest BCUT2D eigenvalue weighted by atomic mass is 19.1. The van der Waals surface area contributed by atoms with Crippen molar-refractivity contribution >= 4 is 23.7 Å². The van der Waals surface area contributed by atoms with E-state index < -0.39 is 0 Å². The predicted octanol–water partition coefficient (Wildman–Crippen LogP) is 3.58. The van der Waals surface area contributed by atoms with Crippen LogP contribution in [0.25, 0.3) is 11.1 Å². The molecule has 1 fully saturated rings. The molecule has 1 aliphatic heterocycles. The minimum atomic E-state index is -0.342. The van der Waals surface area contributed by atoms with E-state index in [0.717, 1.165) is 0 Å². The maximum atomic E-state index is 14.6. The summed E-state index contributed by atoms with van der Waals surface area (Å²) in [5, 5.41) is 17.9. The molecule has 1 atom stereocenters. The zero-order valence-corrected chi connectivity index (χ0v) is 15.4. The number of nitrogens with zero attached hydrogens (tertiary/aromatic N) is 3. The molecule has 2 aromatic heterocycles. The first-order valence-electron chi connectivity index (χ1n) is 9.08. The van der Waals surface area contributed by atoms with Crippen LogP contribution in [0.1, 0.15) is 12.5 Å². The van der Waals surface area contributed by atoms with E-state index in [2.05, 4.69) is 27.3 Å². The van der Waals surface area contributed by atoms with Crippen molar-refractivity contribution in [3.05, 3.63) is 54.0 Å². The molecule has 0 radical (unpaired) electrons. The summed E-state index contributed by atoms with van der Waals surface area (Å²) in [6.07, 6.45) is 2.82. The second-order valence-corrected chi connectivity index (χ2v) is 6.63. The van der Waals surface area contributed by atoms with Gasteiger partial charge in [0.05, 0.1) is 25.5 Å². The molecular weight excluding hydrogens is 359 g/mol. The number of hydrogen-bond donors (Lipinski definition) is 3. The molecule has 8 heteroatoms. The highest BCUT2D eigenvalue weighted by Gasteiger charge is 2.24. The fourth-order valence-corrected chi connectivity index (χ4v) is 3.35. The van der Waals surface area contributed by atoms with Crippen molar-refractivity contribution in [2.24, 2.45) is 0 Å². The largest absolute Gasteiger partial charge is 0.377 e.